The summed E-state index contributed by atoms with van der Waals surface area (Å²) in [6.45, 7) is 0. The zero-order valence-corrected chi connectivity index (χ0v) is 11.4. The van der Waals surface area contributed by atoms with Crippen LogP contribution in [0.1, 0.15) is 31.8 Å². The minimum absolute atomic E-state index is 0.172. The average molecular weight is 293 g/mol. The molecule has 5 nitrogen and oxygen atoms in total. The molecule has 0 aliphatic carbocycles. The highest BCUT2D eigenvalue weighted by Crippen LogP contribution is 2.26. The van der Waals surface area contributed by atoms with Crippen molar-refractivity contribution in [1.29, 1.82) is 0 Å². The third-order valence-electron chi connectivity index (χ3n) is 3.40. The van der Waals surface area contributed by atoms with Crippen molar-refractivity contribution in [1.82, 2.24) is 5.32 Å². The molecule has 1 heterocycles. The van der Waals surface area contributed by atoms with Crippen LogP contribution in [-0.4, -0.2) is 22.9 Å². The van der Waals surface area contributed by atoms with Crippen LogP contribution in [0.3, 0.4) is 0 Å². The van der Waals surface area contributed by atoms with Crippen molar-refractivity contribution in [3.8, 4) is 0 Å². The fourth-order valence-electron chi connectivity index (χ4n) is 2.31. The lowest BCUT2D eigenvalue weighted by atomic mass is 9.93. The molecule has 0 atom stereocenters. The smallest absolute Gasteiger partial charge is 0.335 e. The summed E-state index contributed by atoms with van der Waals surface area (Å²) in [6, 6.07) is 13.0. The Morgan fingerprint density at radius 1 is 0.909 bits per heavy atom. The summed E-state index contributed by atoms with van der Waals surface area (Å²) in [7, 11) is 0. The van der Waals surface area contributed by atoms with Gasteiger partial charge in [0.2, 0.25) is 0 Å². The predicted molar refractivity (Wildman–Crippen MR) is 80.2 cm³/mol. The summed E-state index contributed by atoms with van der Waals surface area (Å²) >= 11 is 0. The van der Waals surface area contributed by atoms with Gasteiger partial charge in [0, 0.05) is 11.1 Å². The first-order chi connectivity index (χ1) is 10.6. The summed E-state index contributed by atoms with van der Waals surface area (Å²) in [4.78, 5) is 34.7. The third kappa shape index (κ3) is 2.40. The van der Waals surface area contributed by atoms with Gasteiger partial charge in [-0.05, 0) is 35.4 Å². The highest BCUT2D eigenvalue weighted by Gasteiger charge is 2.26. The van der Waals surface area contributed by atoms with Crippen LogP contribution in [0.4, 0.5) is 0 Å². The fraction of sp³-hybridized carbons (Fsp3) is 0. The first kappa shape index (κ1) is 13.8. The van der Waals surface area contributed by atoms with E-state index in [-0.39, 0.29) is 5.56 Å². The van der Waals surface area contributed by atoms with Crippen LogP contribution >= 0.6 is 0 Å². The van der Waals surface area contributed by atoms with Gasteiger partial charge in [0.1, 0.15) is 0 Å². The maximum absolute atomic E-state index is 12.1. The number of carboxylic acids is 1. The maximum atomic E-state index is 12.1. The van der Waals surface area contributed by atoms with Crippen molar-refractivity contribution in [3.05, 3.63) is 70.8 Å². The largest absolute Gasteiger partial charge is 0.478 e. The van der Waals surface area contributed by atoms with Crippen molar-refractivity contribution in [2.24, 2.45) is 0 Å². The number of carbonyl (C=O) groups is 3. The molecule has 0 saturated carbocycles. The van der Waals surface area contributed by atoms with Gasteiger partial charge >= 0.3 is 5.97 Å². The van der Waals surface area contributed by atoms with Gasteiger partial charge in [-0.2, -0.15) is 0 Å². The Balaban J connectivity index is 2.06. The molecule has 1 aliphatic rings. The predicted octanol–water partition coefficient (Wildman–Crippen LogP) is 2.20. The number of hydrogen-bond acceptors (Lipinski definition) is 3. The van der Waals surface area contributed by atoms with Crippen LogP contribution in [0.15, 0.2) is 48.5 Å². The van der Waals surface area contributed by atoms with E-state index < -0.39 is 17.8 Å². The summed E-state index contributed by atoms with van der Waals surface area (Å²) in [6.07, 6.45) is 1.63. The number of amides is 2. The molecule has 2 N–H and O–H groups in total. The molecule has 0 radical (unpaired) electrons. The Kier molecular flexibility index (Phi) is 3.31. The van der Waals surface area contributed by atoms with E-state index in [0.29, 0.717) is 22.3 Å². The molecule has 0 fully saturated rings. The minimum Gasteiger partial charge on any atom is -0.478 e. The number of benzene rings is 2. The first-order valence-corrected chi connectivity index (χ1v) is 6.56. The topological polar surface area (TPSA) is 83.5 Å². The van der Waals surface area contributed by atoms with E-state index in [9.17, 15) is 14.4 Å². The zero-order valence-electron chi connectivity index (χ0n) is 11.4. The Morgan fingerprint density at radius 2 is 1.55 bits per heavy atom. The van der Waals surface area contributed by atoms with Gasteiger partial charge in [-0.1, -0.05) is 30.3 Å². The Morgan fingerprint density at radius 3 is 2.18 bits per heavy atom. The lowest BCUT2D eigenvalue weighted by Gasteiger charge is -2.18. The van der Waals surface area contributed by atoms with E-state index in [2.05, 4.69) is 5.32 Å². The van der Waals surface area contributed by atoms with Gasteiger partial charge in [-0.3, -0.25) is 14.9 Å². The molecule has 5 heteroatoms. The molecule has 0 spiro atoms. The molecule has 0 unspecified atom stereocenters. The van der Waals surface area contributed by atoms with Crippen LogP contribution in [0.25, 0.3) is 11.6 Å². The van der Waals surface area contributed by atoms with Crippen LogP contribution in [0, 0.1) is 0 Å². The Hall–Kier alpha value is -3.21. The van der Waals surface area contributed by atoms with E-state index >= 15 is 0 Å². The third-order valence-corrected chi connectivity index (χ3v) is 3.40. The monoisotopic (exact) mass is 293 g/mol. The summed E-state index contributed by atoms with van der Waals surface area (Å²) in [5.74, 6) is -1.89. The van der Waals surface area contributed by atoms with Crippen molar-refractivity contribution >= 4 is 29.4 Å². The molecule has 108 valence electrons. The molecule has 3 rings (SSSR count). The van der Waals surface area contributed by atoms with Gasteiger partial charge in [0.15, 0.2) is 0 Å². The van der Waals surface area contributed by atoms with E-state index in [1.807, 2.05) is 0 Å². The Bertz CT molecular complexity index is 819. The van der Waals surface area contributed by atoms with Crippen LogP contribution < -0.4 is 5.32 Å². The van der Waals surface area contributed by atoms with Crippen LogP contribution in [0.2, 0.25) is 0 Å². The van der Waals surface area contributed by atoms with Crippen molar-refractivity contribution in [2.45, 2.75) is 0 Å². The fourth-order valence-corrected chi connectivity index (χ4v) is 2.31. The van der Waals surface area contributed by atoms with Gasteiger partial charge in [0.05, 0.1) is 5.56 Å². The molecule has 2 aromatic carbocycles. The van der Waals surface area contributed by atoms with Gasteiger partial charge in [0.25, 0.3) is 11.8 Å². The van der Waals surface area contributed by atoms with Crippen LogP contribution in [0.5, 0.6) is 0 Å². The number of aromatic carboxylic acids is 1. The lowest BCUT2D eigenvalue weighted by Crippen LogP contribution is -2.36. The van der Waals surface area contributed by atoms with Gasteiger partial charge in [-0.25, -0.2) is 4.79 Å². The average Bonchev–Trinajstić information content (AvgIpc) is 2.52. The molecule has 1 aliphatic heterocycles. The number of hydrogen-bond donors (Lipinski definition) is 2. The summed E-state index contributed by atoms with van der Waals surface area (Å²) < 4.78 is 0. The highest BCUT2D eigenvalue weighted by atomic mass is 16.4. The summed E-state index contributed by atoms with van der Waals surface area (Å²) in [5, 5.41) is 11.2. The maximum Gasteiger partial charge on any atom is 0.335 e. The summed E-state index contributed by atoms with van der Waals surface area (Å²) in [5.41, 5.74) is 2.23. The molecular formula is C17H11NO4. The molecule has 2 amide bonds. The first-order valence-electron chi connectivity index (χ1n) is 6.56. The number of fused-ring (bicyclic) bond motifs is 1. The molecule has 2 aromatic rings. The van der Waals surface area contributed by atoms with Gasteiger partial charge < -0.3 is 5.11 Å². The normalized spacial score (nSPS) is 15.4. The number of carbonyl (C=O) groups excluding carboxylic acids is 2. The van der Waals surface area contributed by atoms with E-state index in [1.54, 1.807) is 42.5 Å². The van der Waals surface area contributed by atoms with E-state index in [1.165, 1.54) is 12.1 Å². The molecule has 0 saturated heterocycles. The van der Waals surface area contributed by atoms with Crippen molar-refractivity contribution in [2.75, 3.05) is 0 Å². The SMILES string of the molecule is O=C1NC(=O)c2ccccc2C1=Cc1ccc(C(=O)O)cc1. The number of imide groups is 1. The lowest BCUT2D eigenvalue weighted by molar-refractivity contribution is -0.114. The molecule has 0 aromatic heterocycles. The Labute approximate surface area is 125 Å². The van der Waals surface area contributed by atoms with E-state index in [0.717, 1.165) is 0 Å². The second kappa shape index (κ2) is 5.29. The molecule has 0 bridgehead atoms. The second-order valence-corrected chi connectivity index (χ2v) is 4.81. The van der Waals surface area contributed by atoms with Crippen molar-refractivity contribution in [3.63, 3.8) is 0 Å². The van der Waals surface area contributed by atoms with Crippen molar-refractivity contribution < 1.29 is 19.5 Å². The number of rotatable bonds is 2. The second-order valence-electron chi connectivity index (χ2n) is 4.81. The standard InChI is InChI=1S/C17H11NO4/c19-15-13-4-2-1-3-12(13)14(16(20)18-15)9-10-5-7-11(8-6-10)17(21)22/h1-9H,(H,21,22)(H,18,19,20). The van der Waals surface area contributed by atoms with Crippen LogP contribution in [-0.2, 0) is 4.79 Å². The van der Waals surface area contributed by atoms with E-state index in [4.69, 9.17) is 5.11 Å². The quantitative estimate of drug-likeness (QED) is 0.656. The number of nitrogens with one attached hydrogen (secondary N) is 1. The number of carboxylic acid groups (broad SMARTS) is 1. The highest BCUT2D eigenvalue weighted by molar-refractivity contribution is 6.33. The molecular weight excluding hydrogens is 282 g/mol. The minimum atomic E-state index is -1.01. The zero-order chi connectivity index (χ0) is 15.7. The van der Waals surface area contributed by atoms with Gasteiger partial charge in [-0.15, -0.1) is 0 Å². The molecule has 22 heavy (non-hydrogen) atoms.